The monoisotopic (exact) mass is 333 g/mol. The molecule has 0 saturated carbocycles. The summed E-state index contributed by atoms with van der Waals surface area (Å²) in [5.41, 5.74) is 0.00362. The van der Waals surface area contributed by atoms with E-state index in [0.29, 0.717) is 6.54 Å². The van der Waals surface area contributed by atoms with Crippen LogP contribution in [0, 0.1) is 3.57 Å². The zero-order chi connectivity index (χ0) is 11.4. The molecule has 1 aliphatic rings. The molecule has 0 aliphatic carbocycles. The van der Waals surface area contributed by atoms with Crippen molar-refractivity contribution in [2.75, 3.05) is 19.6 Å². The maximum atomic E-state index is 11.6. The summed E-state index contributed by atoms with van der Waals surface area (Å²) in [5, 5.41) is 4.13. The fraction of sp³-hybridized carbons (Fsp3) is 0.636. The van der Waals surface area contributed by atoms with Gasteiger partial charge in [-0.3, -0.25) is 4.79 Å². The molecule has 1 saturated heterocycles. The topological polar surface area (TPSA) is 38.1 Å². The van der Waals surface area contributed by atoms with Crippen molar-refractivity contribution in [1.29, 1.82) is 0 Å². The van der Waals surface area contributed by atoms with Crippen molar-refractivity contribution in [3.05, 3.63) is 26.2 Å². The molecule has 0 radical (unpaired) electrons. The molecule has 1 aromatic rings. The molecule has 2 heterocycles. The molecule has 1 aliphatic heterocycles. The van der Waals surface area contributed by atoms with Gasteiger partial charge in [-0.05, 0) is 48.5 Å². The third-order valence-electron chi connectivity index (χ3n) is 2.91. The molecule has 0 spiro atoms. The summed E-state index contributed by atoms with van der Waals surface area (Å²) < 4.78 is 2.45. The van der Waals surface area contributed by atoms with Crippen LogP contribution >= 0.6 is 22.6 Å². The van der Waals surface area contributed by atoms with Crippen molar-refractivity contribution in [1.82, 2.24) is 14.7 Å². The van der Waals surface area contributed by atoms with Gasteiger partial charge in [-0.25, -0.2) is 4.68 Å². The van der Waals surface area contributed by atoms with Crippen LogP contribution < -0.4 is 5.56 Å². The second-order valence-electron chi connectivity index (χ2n) is 4.14. The Morgan fingerprint density at radius 2 is 2.00 bits per heavy atom. The van der Waals surface area contributed by atoms with Gasteiger partial charge in [0.05, 0.1) is 12.7 Å². The average Bonchev–Trinajstić information content (AvgIpc) is 2.29. The average molecular weight is 333 g/mol. The van der Waals surface area contributed by atoms with Crippen molar-refractivity contribution in [3.63, 3.8) is 0 Å². The minimum atomic E-state index is 0.00362. The number of rotatable bonds is 3. The van der Waals surface area contributed by atoms with Crippen molar-refractivity contribution in [2.24, 2.45) is 0 Å². The zero-order valence-corrected chi connectivity index (χ0v) is 11.4. The smallest absolute Gasteiger partial charge is 0.267 e. The fourth-order valence-electron chi connectivity index (χ4n) is 2.00. The van der Waals surface area contributed by atoms with Crippen molar-refractivity contribution >= 4 is 22.6 Å². The Hall–Kier alpha value is -0.430. The molecule has 0 amide bonds. The van der Waals surface area contributed by atoms with Crippen LogP contribution in [0.1, 0.15) is 19.3 Å². The third-order valence-corrected chi connectivity index (χ3v) is 3.50. The standard InChI is InChI=1S/C11H16IN3O/c12-10-8-11(16)15(13-9-10)7-6-14-4-2-1-3-5-14/h8-9H,1-7H2. The number of hydrogen-bond acceptors (Lipinski definition) is 3. The number of hydrogen-bond donors (Lipinski definition) is 0. The van der Waals surface area contributed by atoms with Crippen molar-refractivity contribution in [2.45, 2.75) is 25.8 Å². The molecular formula is C11H16IN3O. The lowest BCUT2D eigenvalue weighted by atomic mass is 10.1. The number of aromatic nitrogens is 2. The lowest BCUT2D eigenvalue weighted by Gasteiger charge is -2.26. The van der Waals surface area contributed by atoms with E-state index < -0.39 is 0 Å². The van der Waals surface area contributed by atoms with Gasteiger partial charge < -0.3 is 4.90 Å². The lowest BCUT2D eigenvalue weighted by molar-refractivity contribution is 0.216. The number of nitrogens with zero attached hydrogens (tertiary/aromatic N) is 3. The Bertz CT molecular complexity index is 398. The van der Waals surface area contributed by atoms with Crippen LogP contribution in [-0.2, 0) is 6.54 Å². The van der Waals surface area contributed by atoms with Crippen LogP contribution in [0.2, 0.25) is 0 Å². The summed E-state index contributed by atoms with van der Waals surface area (Å²) in [7, 11) is 0. The molecule has 2 rings (SSSR count). The minimum Gasteiger partial charge on any atom is -0.301 e. The van der Waals surface area contributed by atoms with Crippen LogP contribution in [0.5, 0.6) is 0 Å². The third kappa shape index (κ3) is 3.28. The predicted octanol–water partition coefficient (Wildman–Crippen LogP) is 1.33. The predicted molar refractivity (Wildman–Crippen MR) is 71.5 cm³/mol. The Kier molecular flexibility index (Phi) is 4.34. The van der Waals surface area contributed by atoms with Crippen LogP contribution in [0.4, 0.5) is 0 Å². The molecule has 1 fully saturated rings. The van der Waals surface area contributed by atoms with Gasteiger partial charge in [-0.15, -0.1) is 0 Å². The van der Waals surface area contributed by atoms with Gasteiger partial charge in [0.2, 0.25) is 0 Å². The van der Waals surface area contributed by atoms with Gasteiger partial charge in [-0.1, -0.05) is 6.42 Å². The maximum Gasteiger partial charge on any atom is 0.267 e. The second kappa shape index (κ2) is 5.77. The molecule has 88 valence electrons. The maximum absolute atomic E-state index is 11.6. The highest BCUT2D eigenvalue weighted by molar-refractivity contribution is 14.1. The van der Waals surface area contributed by atoms with E-state index in [1.165, 1.54) is 32.4 Å². The van der Waals surface area contributed by atoms with E-state index in [9.17, 15) is 4.79 Å². The van der Waals surface area contributed by atoms with Gasteiger partial charge in [0, 0.05) is 16.2 Å². The van der Waals surface area contributed by atoms with E-state index in [1.54, 1.807) is 16.9 Å². The summed E-state index contributed by atoms with van der Waals surface area (Å²) >= 11 is 2.11. The summed E-state index contributed by atoms with van der Waals surface area (Å²) in [6, 6.07) is 1.63. The van der Waals surface area contributed by atoms with Gasteiger partial charge in [0.15, 0.2) is 0 Å². The largest absolute Gasteiger partial charge is 0.301 e. The molecule has 16 heavy (non-hydrogen) atoms. The number of likely N-dealkylation sites (tertiary alicyclic amines) is 1. The highest BCUT2D eigenvalue weighted by Crippen LogP contribution is 2.07. The van der Waals surface area contributed by atoms with E-state index in [0.717, 1.165) is 10.1 Å². The molecule has 5 heteroatoms. The van der Waals surface area contributed by atoms with Crippen LogP contribution in [0.15, 0.2) is 17.1 Å². The van der Waals surface area contributed by atoms with Crippen molar-refractivity contribution < 1.29 is 0 Å². The first kappa shape index (κ1) is 12.0. The van der Waals surface area contributed by atoms with Gasteiger partial charge in [0.25, 0.3) is 5.56 Å². The summed E-state index contributed by atoms with van der Waals surface area (Å²) in [4.78, 5) is 14.0. The molecule has 0 atom stereocenters. The molecule has 0 unspecified atom stereocenters. The van der Waals surface area contributed by atoms with E-state index in [1.807, 2.05) is 0 Å². The first-order valence-electron chi connectivity index (χ1n) is 5.71. The first-order valence-corrected chi connectivity index (χ1v) is 6.78. The van der Waals surface area contributed by atoms with E-state index >= 15 is 0 Å². The quantitative estimate of drug-likeness (QED) is 0.784. The molecule has 4 nitrogen and oxygen atoms in total. The Labute approximate surface area is 109 Å². The normalized spacial score (nSPS) is 17.6. The van der Waals surface area contributed by atoms with E-state index in [4.69, 9.17) is 0 Å². The molecule has 0 bridgehead atoms. The van der Waals surface area contributed by atoms with E-state index in [2.05, 4.69) is 32.6 Å². The molecule has 1 aromatic heterocycles. The van der Waals surface area contributed by atoms with Gasteiger partial charge in [0.1, 0.15) is 0 Å². The molecule has 0 aromatic carbocycles. The highest BCUT2D eigenvalue weighted by atomic mass is 127. The van der Waals surface area contributed by atoms with Crippen molar-refractivity contribution in [3.8, 4) is 0 Å². The Morgan fingerprint density at radius 1 is 1.25 bits per heavy atom. The lowest BCUT2D eigenvalue weighted by Crippen LogP contribution is -2.35. The Balaban J connectivity index is 1.91. The molecule has 0 N–H and O–H groups in total. The van der Waals surface area contributed by atoms with Crippen LogP contribution in [0.3, 0.4) is 0 Å². The summed E-state index contributed by atoms with van der Waals surface area (Å²) in [6.07, 6.45) is 5.65. The minimum absolute atomic E-state index is 0.00362. The van der Waals surface area contributed by atoms with E-state index in [-0.39, 0.29) is 5.56 Å². The zero-order valence-electron chi connectivity index (χ0n) is 9.23. The fourth-order valence-corrected chi connectivity index (χ4v) is 2.39. The van der Waals surface area contributed by atoms with Gasteiger partial charge >= 0.3 is 0 Å². The first-order chi connectivity index (χ1) is 7.75. The number of piperidine rings is 1. The SMILES string of the molecule is O=c1cc(I)cnn1CCN1CCCCC1. The van der Waals surface area contributed by atoms with Crippen LogP contribution in [-0.4, -0.2) is 34.3 Å². The summed E-state index contributed by atoms with van der Waals surface area (Å²) in [5.74, 6) is 0. The van der Waals surface area contributed by atoms with Gasteiger partial charge in [-0.2, -0.15) is 5.10 Å². The Morgan fingerprint density at radius 3 is 2.69 bits per heavy atom. The highest BCUT2D eigenvalue weighted by Gasteiger charge is 2.10. The second-order valence-corrected chi connectivity index (χ2v) is 5.38. The summed E-state index contributed by atoms with van der Waals surface area (Å²) in [6.45, 7) is 3.97. The van der Waals surface area contributed by atoms with Crippen LogP contribution in [0.25, 0.3) is 0 Å². The number of halogens is 1. The molecular weight excluding hydrogens is 317 g/mol.